The van der Waals surface area contributed by atoms with Crippen molar-refractivity contribution in [3.05, 3.63) is 65.7 Å². The monoisotopic (exact) mass is 266 g/mol. The van der Waals surface area contributed by atoms with Crippen LogP contribution in [0.1, 0.15) is 30.1 Å². The molecule has 0 fully saturated rings. The first-order valence-corrected chi connectivity index (χ1v) is 6.93. The quantitative estimate of drug-likeness (QED) is 0.779. The molecule has 0 spiro atoms. The van der Waals surface area contributed by atoms with Crippen LogP contribution in [0.15, 0.2) is 52.9 Å². The van der Waals surface area contributed by atoms with Crippen molar-refractivity contribution in [1.82, 2.24) is 10.3 Å². The molecule has 0 aliphatic rings. The van der Waals surface area contributed by atoms with Gasteiger partial charge in [0.25, 0.3) is 0 Å². The Morgan fingerprint density at radius 3 is 2.75 bits per heavy atom. The van der Waals surface area contributed by atoms with Crippen LogP contribution in [0.2, 0.25) is 0 Å². The number of hydrogen-bond acceptors (Lipinski definition) is 3. The number of para-hydroxylation sites is 1. The fraction of sp³-hybridized carbons (Fsp3) is 0.235. The average Bonchev–Trinajstić information content (AvgIpc) is 2.88. The number of fused-ring (bicyclic) bond motifs is 1. The Labute approximate surface area is 118 Å². The molecule has 0 radical (unpaired) electrons. The van der Waals surface area contributed by atoms with Gasteiger partial charge in [-0.1, -0.05) is 31.2 Å². The molecule has 0 amide bonds. The van der Waals surface area contributed by atoms with Crippen LogP contribution in [0, 0.1) is 6.92 Å². The molecule has 3 rings (SSSR count). The second-order valence-electron chi connectivity index (χ2n) is 4.88. The maximum atomic E-state index is 5.97. The van der Waals surface area contributed by atoms with Gasteiger partial charge in [-0.15, -0.1) is 0 Å². The van der Waals surface area contributed by atoms with Crippen LogP contribution in [0.25, 0.3) is 11.0 Å². The lowest BCUT2D eigenvalue weighted by atomic mass is 10.1. The third-order valence-electron chi connectivity index (χ3n) is 3.34. The van der Waals surface area contributed by atoms with E-state index in [1.807, 2.05) is 43.3 Å². The van der Waals surface area contributed by atoms with Crippen molar-refractivity contribution in [2.24, 2.45) is 0 Å². The number of benzene rings is 1. The van der Waals surface area contributed by atoms with E-state index >= 15 is 0 Å². The molecule has 0 aliphatic carbocycles. The largest absolute Gasteiger partial charge is 0.459 e. The van der Waals surface area contributed by atoms with E-state index in [0.717, 1.165) is 34.7 Å². The number of hydrogen-bond donors (Lipinski definition) is 1. The van der Waals surface area contributed by atoms with Crippen molar-refractivity contribution < 1.29 is 4.42 Å². The number of nitrogens with zero attached hydrogens (tertiary/aromatic N) is 1. The van der Waals surface area contributed by atoms with Gasteiger partial charge >= 0.3 is 0 Å². The van der Waals surface area contributed by atoms with E-state index in [1.165, 1.54) is 0 Å². The summed E-state index contributed by atoms with van der Waals surface area (Å²) in [6.07, 6.45) is 0. The molecule has 102 valence electrons. The first-order valence-electron chi connectivity index (χ1n) is 6.93. The van der Waals surface area contributed by atoms with Crippen molar-refractivity contribution in [2.45, 2.75) is 19.9 Å². The normalized spacial score (nSPS) is 12.7. The third kappa shape index (κ3) is 2.45. The second-order valence-corrected chi connectivity index (χ2v) is 4.88. The highest BCUT2D eigenvalue weighted by Crippen LogP contribution is 2.27. The Morgan fingerprint density at radius 1 is 1.15 bits per heavy atom. The topological polar surface area (TPSA) is 38.1 Å². The molecule has 0 aliphatic heterocycles. The van der Waals surface area contributed by atoms with Gasteiger partial charge in [-0.05, 0) is 37.7 Å². The molecule has 0 saturated carbocycles. The molecule has 0 bridgehead atoms. The van der Waals surface area contributed by atoms with Crippen LogP contribution >= 0.6 is 0 Å². The van der Waals surface area contributed by atoms with Gasteiger partial charge in [-0.3, -0.25) is 4.98 Å². The van der Waals surface area contributed by atoms with Crippen molar-refractivity contribution in [2.75, 3.05) is 6.54 Å². The fourth-order valence-corrected chi connectivity index (χ4v) is 2.42. The van der Waals surface area contributed by atoms with Crippen molar-refractivity contribution in [3.8, 4) is 0 Å². The molecule has 0 saturated heterocycles. The zero-order valence-electron chi connectivity index (χ0n) is 11.8. The first kappa shape index (κ1) is 12.9. The summed E-state index contributed by atoms with van der Waals surface area (Å²) in [4.78, 5) is 4.62. The molecule has 3 heteroatoms. The second kappa shape index (κ2) is 5.47. The predicted octanol–water partition coefficient (Wildman–Crippen LogP) is 3.84. The highest BCUT2D eigenvalue weighted by Gasteiger charge is 2.18. The summed E-state index contributed by atoms with van der Waals surface area (Å²) in [5, 5.41) is 4.57. The maximum Gasteiger partial charge on any atom is 0.134 e. The summed E-state index contributed by atoms with van der Waals surface area (Å²) in [5.74, 6) is 0.908. The summed E-state index contributed by atoms with van der Waals surface area (Å²) in [6.45, 7) is 4.95. The predicted molar refractivity (Wildman–Crippen MR) is 80.7 cm³/mol. The van der Waals surface area contributed by atoms with E-state index in [9.17, 15) is 0 Å². The van der Waals surface area contributed by atoms with Crippen molar-refractivity contribution >= 4 is 11.0 Å². The minimum absolute atomic E-state index is 0.00713. The van der Waals surface area contributed by atoms with Crippen molar-refractivity contribution in [1.29, 1.82) is 0 Å². The molecule has 1 atom stereocenters. The molecular weight excluding hydrogens is 248 g/mol. The van der Waals surface area contributed by atoms with Crippen LogP contribution in [0.4, 0.5) is 0 Å². The minimum atomic E-state index is -0.00713. The molecule has 1 aromatic carbocycles. The maximum absolute atomic E-state index is 5.97. The Hall–Kier alpha value is -2.13. The smallest absolute Gasteiger partial charge is 0.134 e. The van der Waals surface area contributed by atoms with E-state index < -0.39 is 0 Å². The van der Waals surface area contributed by atoms with Gasteiger partial charge in [-0.25, -0.2) is 0 Å². The van der Waals surface area contributed by atoms with E-state index in [1.54, 1.807) is 0 Å². The molecule has 3 aromatic rings. The van der Waals surface area contributed by atoms with E-state index in [-0.39, 0.29) is 6.04 Å². The summed E-state index contributed by atoms with van der Waals surface area (Å²) in [7, 11) is 0. The van der Waals surface area contributed by atoms with E-state index in [2.05, 4.69) is 29.4 Å². The molecular formula is C17H18N2O. The third-order valence-corrected chi connectivity index (χ3v) is 3.34. The molecule has 2 heterocycles. The van der Waals surface area contributed by atoms with Crippen LogP contribution in [0.3, 0.4) is 0 Å². The number of aromatic nitrogens is 1. The number of furan rings is 1. The van der Waals surface area contributed by atoms with Gasteiger partial charge < -0.3 is 9.73 Å². The molecule has 1 unspecified atom stereocenters. The molecule has 20 heavy (non-hydrogen) atoms. The Balaban J connectivity index is 2.05. The Morgan fingerprint density at radius 2 is 2.00 bits per heavy atom. The van der Waals surface area contributed by atoms with E-state index in [4.69, 9.17) is 4.42 Å². The van der Waals surface area contributed by atoms with Gasteiger partial charge in [0.1, 0.15) is 17.4 Å². The van der Waals surface area contributed by atoms with Gasteiger partial charge in [0.15, 0.2) is 0 Å². The average molecular weight is 266 g/mol. The van der Waals surface area contributed by atoms with Crippen LogP contribution in [-0.2, 0) is 0 Å². The molecule has 1 N–H and O–H groups in total. The van der Waals surface area contributed by atoms with E-state index in [0.29, 0.717) is 0 Å². The zero-order chi connectivity index (χ0) is 13.9. The molecule has 2 aromatic heterocycles. The number of aryl methyl sites for hydroxylation is 1. The number of nitrogens with one attached hydrogen (secondary N) is 1. The van der Waals surface area contributed by atoms with Crippen molar-refractivity contribution in [3.63, 3.8) is 0 Å². The van der Waals surface area contributed by atoms with Gasteiger partial charge in [0.2, 0.25) is 0 Å². The lowest BCUT2D eigenvalue weighted by Crippen LogP contribution is -2.22. The standard InChI is InChI=1S/C17H18N2O/c1-3-18-17(14-9-6-7-12(2)19-14)16-11-13-8-4-5-10-15(13)20-16/h4-11,17-18H,3H2,1-2H3. The highest BCUT2D eigenvalue weighted by molar-refractivity contribution is 5.77. The summed E-state index contributed by atoms with van der Waals surface area (Å²) >= 11 is 0. The highest BCUT2D eigenvalue weighted by atomic mass is 16.3. The van der Waals surface area contributed by atoms with Gasteiger partial charge in [0, 0.05) is 11.1 Å². The van der Waals surface area contributed by atoms with Gasteiger partial charge in [-0.2, -0.15) is 0 Å². The summed E-state index contributed by atoms with van der Waals surface area (Å²) < 4.78 is 5.97. The SMILES string of the molecule is CCNC(c1cccc(C)n1)c1cc2ccccc2o1. The Kier molecular flexibility index (Phi) is 3.52. The lowest BCUT2D eigenvalue weighted by Gasteiger charge is -2.15. The van der Waals surface area contributed by atoms with Crippen LogP contribution < -0.4 is 5.32 Å². The molecule has 3 nitrogen and oxygen atoms in total. The van der Waals surface area contributed by atoms with Gasteiger partial charge in [0.05, 0.1) is 5.69 Å². The summed E-state index contributed by atoms with van der Waals surface area (Å²) in [6, 6.07) is 16.2. The van der Waals surface area contributed by atoms with Crippen LogP contribution in [-0.4, -0.2) is 11.5 Å². The zero-order valence-corrected chi connectivity index (χ0v) is 11.8. The lowest BCUT2D eigenvalue weighted by molar-refractivity contribution is 0.471. The summed E-state index contributed by atoms with van der Waals surface area (Å²) in [5.41, 5.74) is 2.92. The minimum Gasteiger partial charge on any atom is -0.459 e. The first-order chi connectivity index (χ1) is 9.78. The number of pyridine rings is 1. The van der Waals surface area contributed by atoms with Crippen LogP contribution in [0.5, 0.6) is 0 Å². The number of rotatable bonds is 4. The Bertz CT molecular complexity index is 685. The fourth-order valence-electron chi connectivity index (χ4n) is 2.42.